The zero-order valence-corrected chi connectivity index (χ0v) is 9.30. The van der Waals surface area contributed by atoms with E-state index in [-0.39, 0.29) is 0 Å². The molecule has 0 aliphatic carbocycles. The number of nitrogens with two attached hydrogens (primary N) is 1. The Morgan fingerprint density at radius 2 is 2.07 bits per heavy atom. The van der Waals surface area contributed by atoms with Gasteiger partial charge in [0.1, 0.15) is 0 Å². The Kier molecular flexibility index (Phi) is 3.90. The van der Waals surface area contributed by atoms with Gasteiger partial charge in [0.05, 0.1) is 0 Å². The molecule has 0 saturated heterocycles. The fourth-order valence-corrected chi connectivity index (χ4v) is 1.67. The molecule has 0 fully saturated rings. The van der Waals surface area contributed by atoms with Crippen molar-refractivity contribution in [1.82, 2.24) is 0 Å². The number of aryl methyl sites for hydroxylation is 2. The van der Waals surface area contributed by atoms with Crippen LogP contribution < -0.4 is 5.73 Å². The first kappa shape index (κ1) is 11.0. The van der Waals surface area contributed by atoms with Crippen molar-refractivity contribution in [3.05, 3.63) is 41.0 Å². The zero-order valence-electron chi connectivity index (χ0n) is 9.30. The maximum absolute atomic E-state index is 5.59. The highest BCUT2D eigenvalue weighted by Gasteiger charge is 2.03. The fraction of sp³-hybridized carbons (Fsp3) is 0.385. The minimum absolute atomic E-state index is 0.715. The Hall–Kier alpha value is -1.08. The third-order valence-corrected chi connectivity index (χ3v) is 2.50. The summed E-state index contributed by atoms with van der Waals surface area (Å²) in [6.45, 7) is 7.06. The van der Waals surface area contributed by atoms with Crippen LogP contribution in [0.15, 0.2) is 24.3 Å². The summed E-state index contributed by atoms with van der Waals surface area (Å²) in [5.41, 5.74) is 10.9. The predicted molar refractivity (Wildman–Crippen MR) is 63.2 cm³/mol. The van der Waals surface area contributed by atoms with Crippen molar-refractivity contribution in [1.29, 1.82) is 0 Å². The molecule has 76 valence electrons. The van der Waals surface area contributed by atoms with Crippen LogP contribution in [-0.4, -0.2) is 6.54 Å². The fourth-order valence-electron chi connectivity index (χ4n) is 1.67. The molecule has 0 radical (unpaired) electrons. The molecule has 0 aliphatic rings. The highest BCUT2D eigenvalue weighted by Crippen LogP contribution is 2.22. The lowest BCUT2D eigenvalue weighted by molar-refractivity contribution is 1.02. The Labute approximate surface area is 86.6 Å². The van der Waals surface area contributed by atoms with Crippen molar-refractivity contribution >= 4 is 5.57 Å². The first-order valence-corrected chi connectivity index (χ1v) is 5.12. The van der Waals surface area contributed by atoms with Crippen molar-refractivity contribution in [2.75, 3.05) is 6.54 Å². The van der Waals surface area contributed by atoms with E-state index >= 15 is 0 Å². The molecular formula is C13H19N. The largest absolute Gasteiger partial charge is 0.330 e. The SMILES string of the molecule is C/C=C(/CCN)c1cc(C)ccc1C. The molecule has 0 aromatic heterocycles. The predicted octanol–water partition coefficient (Wildman–Crippen LogP) is 3.06. The van der Waals surface area contributed by atoms with E-state index in [1.54, 1.807) is 0 Å². The molecule has 1 nitrogen and oxygen atoms in total. The van der Waals surface area contributed by atoms with E-state index in [9.17, 15) is 0 Å². The summed E-state index contributed by atoms with van der Waals surface area (Å²) in [5.74, 6) is 0. The lowest BCUT2D eigenvalue weighted by Gasteiger charge is -2.10. The lowest BCUT2D eigenvalue weighted by atomic mass is 9.96. The molecule has 0 saturated carbocycles. The van der Waals surface area contributed by atoms with Crippen molar-refractivity contribution in [3.8, 4) is 0 Å². The first-order chi connectivity index (χ1) is 6.69. The molecule has 1 heteroatoms. The van der Waals surface area contributed by atoms with Gasteiger partial charge in [-0.15, -0.1) is 0 Å². The molecule has 0 bridgehead atoms. The zero-order chi connectivity index (χ0) is 10.6. The Morgan fingerprint density at radius 3 is 2.64 bits per heavy atom. The van der Waals surface area contributed by atoms with Crippen molar-refractivity contribution in [2.24, 2.45) is 5.73 Å². The minimum Gasteiger partial charge on any atom is -0.330 e. The molecule has 0 unspecified atom stereocenters. The van der Waals surface area contributed by atoms with Crippen molar-refractivity contribution < 1.29 is 0 Å². The van der Waals surface area contributed by atoms with Crippen LogP contribution in [0.2, 0.25) is 0 Å². The maximum Gasteiger partial charge on any atom is -0.00366 e. The summed E-state index contributed by atoms with van der Waals surface area (Å²) in [6.07, 6.45) is 3.12. The smallest absolute Gasteiger partial charge is 0.00366 e. The van der Waals surface area contributed by atoms with Gasteiger partial charge < -0.3 is 5.73 Å². The molecule has 1 rings (SSSR count). The van der Waals surface area contributed by atoms with E-state index in [1.807, 2.05) is 0 Å². The second-order valence-electron chi connectivity index (χ2n) is 3.67. The Bertz CT molecular complexity index is 337. The summed E-state index contributed by atoms with van der Waals surface area (Å²) >= 11 is 0. The van der Waals surface area contributed by atoms with Crippen molar-refractivity contribution in [2.45, 2.75) is 27.2 Å². The Morgan fingerprint density at radius 1 is 1.36 bits per heavy atom. The van der Waals surface area contributed by atoms with Gasteiger partial charge in [-0.25, -0.2) is 0 Å². The van der Waals surface area contributed by atoms with Crippen LogP contribution in [-0.2, 0) is 0 Å². The molecule has 14 heavy (non-hydrogen) atoms. The van der Waals surface area contributed by atoms with E-state index in [1.165, 1.54) is 22.3 Å². The van der Waals surface area contributed by atoms with Gasteiger partial charge in [0.2, 0.25) is 0 Å². The van der Waals surface area contributed by atoms with Crippen LogP contribution in [0.25, 0.3) is 5.57 Å². The number of benzene rings is 1. The topological polar surface area (TPSA) is 26.0 Å². The van der Waals surface area contributed by atoms with Gasteiger partial charge in [-0.3, -0.25) is 0 Å². The van der Waals surface area contributed by atoms with E-state index in [4.69, 9.17) is 5.73 Å². The second kappa shape index (κ2) is 4.97. The van der Waals surface area contributed by atoms with Gasteiger partial charge in [0, 0.05) is 0 Å². The summed E-state index contributed by atoms with van der Waals surface area (Å²) in [5, 5.41) is 0. The number of hydrogen-bond acceptors (Lipinski definition) is 1. The first-order valence-electron chi connectivity index (χ1n) is 5.12. The third-order valence-electron chi connectivity index (χ3n) is 2.50. The Balaban J connectivity index is 3.09. The molecule has 1 aromatic carbocycles. The number of hydrogen-bond donors (Lipinski definition) is 1. The summed E-state index contributed by atoms with van der Waals surface area (Å²) in [4.78, 5) is 0. The van der Waals surface area contributed by atoms with Crippen LogP contribution in [0.4, 0.5) is 0 Å². The van der Waals surface area contributed by atoms with Gasteiger partial charge in [-0.1, -0.05) is 29.8 Å². The van der Waals surface area contributed by atoms with Crippen LogP contribution in [0, 0.1) is 13.8 Å². The second-order valence-corrected chi connectivity index (χ2v) is 3.67. The van der Waals surface area contributed by atoms with Crippen LogP contribution in [0.1, 0.15) is 30.0 Å². The van der Waals surface area contributed by atoms with Gasteiger partial charge in [0.25, 0.3) is 0 Å². The van der Waals surface area contributed by atoms with Crippen LogP contribution >= 0.6 is 0 Å². The van der Waals surface area contributed by atoms with Gasteiger partial charge in [0.15, 0.2) is 0 Å². The third kappa shape index (κ3) is 2.46. The van der Waals surface area contributed by atoms with Gasteiger partial charge in [-0.05, 0) is 50.4 Å². The lowest BCUT2D eigenvalue weighted by Crippen LogP contribution is -2.01. The average molecular weight is 189 g/mol. The average Bonchev–Trinajstić information content (AvgIpc) is 2.18. The maximum atomic E-state index is 5.59. The monoisotopic (exact) mass is 189 g/mol. The summed E-state index contributed by atoms with van der Waals surface area (Å²) < 4.78 is 0. The van der Waals surface area contributed by atoms with E-state index in [2.05, 4.69) is 45.0 Å². The number of allylic oxidation sites excluding steroid dienone is 1. The molecule has 0 atom stereocenters. The number of rotatable bonds is 3. The molecule has 0 amide bonds. The molecule has 0 aliphatic heterocycles. The van der Waals surface area contributed by atoms with Crippen LogP contribution in [0.3, 0.4) is 0 Å². The quantitative estimate of drug-likeness (QED) is 0.777. The molecule has 0 heterocycles. The highest BCUT2D eigenvalue weighted by atomic mass is 14.5. The van der Waals surface area contributed by atoms with Gasteiger partial charge in [-0.2, -0.15) is 0 Å². The molecule has 2 N–H and O–H groups in total. The van der Waals surface area contributed by atoms with Crippen molar-refractivity contribution in [3.63, 3.8) is 0 Å². The highest BCUT2D eigenvalue weighted by molar-refractivity contribution is 5.68. The molecular weight excluding hydrogens is 170 g/mol. The van der Waals surface area contributed by atoms with Gasteiger partial charge >= 0.3 is 0 Å². The van der Waals surface area contributed by atoms with E-state index < -0.39 is 0 Å². The standard InChI is InChI=1S/C13H19N/c1-4-12(7-8-14)13-9-10(2)5-6-11(13)3/h4-6,9H,7-8,14H2,1-3H3/b12-4-. The minimum atomic E-state index is 0.715. The van der Waals surface area contributed by atoms with E-state index in [0.717, 1.165) is 6.42 Å². The molecule has 0 spiro atoms. The summed E-state index contributed by atoms with van der Waals surface area (Å²) in [6, 6.07) is 6.56. The molecule has 1 aromatic rings. The normalized spacial score (nSPS) is 11.9. The van der Waals surface area contributed by atoms with E-state index in [0.29, 0.717) is 6.54 Å². The summed E-state index contributed by atoms with van der Waals surface area (Å²) in [7, 11) is 0. The van der Waals surface area contributed by atoms with Crippen LogP contribution in [0.5, 0.6) is 0 Å².